The van der Waals surface area contributed by atoms with Crippen LogP contribution in [-0.4, -0.2) is 35.5 Å². The molecule has 4 aliphatic rings. The summed E-state index contributed by atoms with van der Waals surface area (Å²) in [6, 6.07) is 18.3. The molecule has 0 unspecified atom stereocenters. The predicted octanol–water partition coefficient (Wildman–Crippen LogP) is 6.32. The van der Waals surface area contributed by atoms with Crippen molar-refractivity contribution in [2.45, 2.75) is 55.8 Å². The molecule has 4 fully saturated rings. The van der Waals surface area contributed by atoms with Gasteiger partial charge in [0.25, 0.3) is 10.0 Å². The topological polar surface area (TPSA) is 113 Å². The molecule has 8 nitrogen and oxygen atoms in total. The van der Waals surface area contributed by atoms with Crippen molar-refractivity contribution in [2.75, 3.05) is 27.1 Å². The minimum atomic E-state index is -3.89. The highest BCUT2D eigenvalue weighted by Gasteiger charge is 2.51. The molecule has 4 aliphatic carbocycles. The van der Waals surface area contributed by atoms with Crippen LogP contribution in [-0.2, 0) is 30.3 Å². The fourth-order valence-corrected chi connectivity index (χ4v) is 9.85. The smallest absolute Gasteiger partial charge is 0.261 e. The fourth-order valence-electron chi connectivity index (χ4n) is 7.76. The third-order valence-corrected chi connectivity index (χ3v) is 12.3. The Morgan fingerprint density at radius 1 is 0.860 bits per heavy atom. The number of halogens is 1. The first-order chi connectivity index (χ1) is 20.3. The number of rotatable bonds is 9. The number of benzene rings is 3. The van der Waals surface area contributed by atoms with E-state index >= 15 is 0 Å². The number of aryl methyl sites for hydroxylation is 1. The van der Waals surface area contributed by atoms with Gasteiger partial charge in [0, 0.05) is 10.7 Å². The predicted molar refractivity (Wildman–Crippen MR) is 171 cm³/mol. The van der Waals surface area contributed by atoms with Crippen LogP contribution in [0.3, 0.4) is 0 Å². The van der Waals surface area contributed by atoms with Crippen molar-refractivity contribution in [2.24, 2.45) is 17.8 Å². The average Bonchev–Trinajstić information content (AvgIpc) is 2.93. The highest BCUT2D eigenvalue weighted by molar-refractivity contribution is 7.92. The van der Waals surface area contributed by atoms with E-state index < -0.39 is 32.5 Å². The lowest BCUT2D eigenvalue weighted by Crippen LogP contribution is -2.48. The summed E-state index contributed by atoms with van der Waals surface area (Å²) in [6.07, 6.45) is 8.79. The molecule has 0 saturated heterocycles. The number of nitrogens with one attached hydrogen (secondary N) is 2. The first-order valence-electron chi connectivity index (χ1n) is 14.6. The van der Waals surface area contributed by atoms with Crippen LogP contribution in [0.5, 0.6) is 0 Å². The van der Waals surface area contributed by atoms with Crippen LogP contribution in [0.2, 0.25) is 5.02 Å². The van der Waals surface area contributed by atoms with Gasteiger partial charge < -0.3 is 5.32 Å². The van der Waals surface area contributed by atoms with Crippen molar-refractivity contribution in [3.05, 3.63) is 82.9 Å². The molecule has 0 heterocycles. The molecular formula is C32H36ClN3O5S2. The Balaban J connectivity index is 1.12. The maximum atomic E-state index is 13.0. The van der Waals surface area contributed by atoms with Gasteiger partial charge >= 0.3 is 0 Å². The number of sulfonamides is 2. The summed E-state index contributed by atoms with van der Waals surface area (Å²) in [5, 5.41) is 3.12. The first kappa shape index (κ1) is 30.0. The van der Waals surface area contributed by atoms with E-state index in [9.17, 15) is 21.6 Å². The van der Waals surface area contributed by atoms with E-state index in [0.29, 0.717) is 22.1 Å². The number of hydrogen-bond donors (Lipinski definition) is 2. The minimum absolute atomic E-state index is 0.000860. The molecule has 4 saturated carbocycles. The van der Waals surface area contributed by atoms with E-state index in [1.807, 2.05) is 19.1 Å². The Morgan fingerprint density at radius 3 is 1.95 bits per heavy atom. The molecular weight excluding hydrogens is 606 g/mol. The van der Waals surface area contributed by atoms with Gasteiger partial charge in [-0.25, -0.2) is 16.8 Å². The number of hydrogen-bond acceptors (Lipinski definition) is 5. The van der Waals surface area contributed by atoms with Crippen LogP contribution in [0.4, 0.5) is 17.1 Å². The van der Waals surface area contributed by atoms with Crippen molar-refractivity contribution < 1.29 is 21.6 Å². The Morgan fingerprint density at radius 2 is 1.42 bits per heavy atom. The summed E-state index contributed by atoms with van der Waals surface area (Å²) in [4.78, 5) is 13.0. The van der Waals surface area contributed by atoms with Gasteiger partial charge in [0.05, 0.1) is 22.5 Å². The summed E-state index contributed by atoms with van der Waals surface area (Å²) in [5.74, 6) is 1.87. The van der Waals surface area contributed by atoms with Gasteiger partial charge in [-0.05, 0) is 128 Å². The van der Waals surface area contributed by atoms with Gasteiger partial charge in [0.1, 0.15) is 6.54 Å². The van der Waals surface area contributed by atoms with E-state index in [1.165, 1.54) is 74.4 Å². The third-order valence-electron chi connectivity index (χ3n) is 9.37. The lowest BCUT2D eigenvalue weighted by atomic mass is 9.48. The molecule has 0 spiro atoms. The molecule has 2 N–H and O–H groups in total. The maximum Gasteiger partial charge on any atom is 0.261 e. The van der Waals surface area contributed by atoms with Crippen LogP contribution < -0.4 is 14.3 Å². The largest absolute Gasteiger partial charge is 0.325 e. The molecule has 0 atom stereocenters. The molecule has 0 aliphatic heterocycles. The van der Waals surface area contributed by atoms with Crippen molar-refractivity contribution in [3.63, 3.8) is 0 Å². The molecule has 4 bridgehead atoms. The number of carbonyl (C=O) groups is 1. The molecule has 7 rings (SSSR count). The molecule has 11 heteroatoms. The zero-order valence-corrected chi connectivity index (χ0v) is 26.6. The summed E-state index contributed by atoms with van der Waals surface area (Å²) in [6.45, 7) is 1.41. The zero-order chi connectivity index (χ0) is 30.6. The van der Waals surface area contributed by atoms with E-state index in [1.54, 1.807) is 12.1 Å². The Bertz CT molecular complexity index is 1720. The number of anilines is 3. The van der Waals surface area contributed by atoms with E-state index in [-0.39, 0.29) is 10.3 Å². The van der Waals surface area contributed by atoms with Gasteiger partial charge in [-0.3, -0.25) is 13.8 Å². The van der Waals surface area contributed by atoms with Gasteiger partial charge in [0.15, 0.2) is 0 Å². The van der Waals surface area contributed by atoms with E-state index in [2.05, 4.69) is 22.2 Å². The van der Waals surface area contributed by atoms with Crippen LogP contribution in [0.15, 0.2) is 71.6 Å². The highest BCUT2D eigenvalue weighted by Crippen LogP contribution is 2.60. The van der Waals surface area contributed by atoms with Crippen molar-refractivity contribution in [1.29, 1.82) is 0 Å². The van der Waals surface area contributed by atoms with Crippen molar-refractivity contribution in [3.8, 4) is 0 Å². The van der Waals surface area contributed by atoms with Crippen LogP contribution in [0.25, 0.3) is 0 Å². The summed E-state index contributed by atoms with van der Waals surface area (Å²) < 4.78 is 54.7. The summed E-state index contributed by atoms with van der Waals surface area (Å²) >= 11 is 6.11. The molecule has 0 aromatic heterocycles. The first-order valence-corrected chi connectivity index (χ1v) is 18.3. The normalized spacial score (nSPS) is 24.5. The Labute approximate surface area is 258 Å². The molecule has 0 radical (unpaired) electrons. The van der Waals surface area contributed by atoms with Crippen molar-refractivity contribution in [1.82, 2.24) is 0 Å². The lowest BCUT2D eigenvalue weighted by Gasteiger charge is -2.57. The Hall–Kier alpha value is -3.08. The number of carbonyl (C=O) groups excluding carboxylic acids is 1. The summed E-state index contributed by atoms with van der Waals surface area (Å²) in [5.41, 5.74) is 3.42. The van der Waals surface area contributed by atoms with Gasteiger partial charge in [-0.15, -0.1) is 0 Å². The average molecular weight is 642 g/mol. The molecule has 43 heavy (non-hydrogen) atoms. The third kappa shape index (κ3) is 6.28. The highest BCUT2D eigenvalue weighted by atomic mass is 35.5. The van der Waals surface area contributed by atoms with Crippen LogP contribution in [0.1, 0.15) is 49.7 Å². The quantitative estimate of drug-likeness (QED) is 0.284. The fraction of sp³-hybridized carbons (Fsp3) is 0.406. The SMILES string of the molecule is Cc1ccc(NS(=O)(=O)c2ccc(NC(=O)CN(c3ccc(C45CC6CC(CC(C6)C4)C5)cc3)S(C)(=O)=O)cc2)cc1Cl. The second-order valence-corrected chi connectivity index (χ2v) is 16.7. The van der Waals surface area contributed by atoms with Crippen molar-refractivity contribution >= 4 is 54.6 Å². The Kier molecular flexibility index (Phi) is 7.75. The standard InChI is InChI=1S/C32H36ClN3O5S2/c1-21-3-6-27(16-30(21)33)35-43(40,41)29-11-7-26(8-12-29)34-31(37)20-36(42(2,38)39)28-9-4-25(5-10-28)32-17-22-13-23(18-32)15-24(14-22)19-32/h3-12,16,22-24,35H,13-15,17-20H2,1-2H3,(H,34,37). The van der Waals surface area contributed by atoms with Crippen LogP contribution in [0, 0.1) is 24.7 Å². The van der Waals surface area contributed by atoms with Crippen LogP contribution >= 0.6 is 11.6 Å². The number of nitrogens with zero attached hydrogens (tertiary/aromatic N) is 1. The van der Waals surface area contributed by atoms with E-state index in [4.69, 9.17) is 11.6 Å². The molecule has 3 aromatic carbocycles. The van der Waals surface area contributed by atoms with Gasteiger partial charge in [-0.1, -0.05) is 29.8 Å². The summed E-state index contributed by atoms with van der Waals surface area (Å²) in [7, 11) is -7.64. The molecule has 1 amide bonds. The molecule has 3 aromatic rings. The monoisotopic (exact) mass is 641 g/mol. The second kappa shape index (κ2) is 11.1. The lowest BCUT2D eigenvalue weighted by molar-refractivity contribution is -0.114. The molecule has 228 valence electrons. The number of amides is 1. The van der Waals surface area contributed by atoms with E-state index in [0.717, 1.165) is 33.9 Å². The van der Waals surface area contributed by atoms with Gasteiger partial charge in [-0.2, -0.15) is 0 Å². The zero-order valence-electron chi connectivity index (χ0n) is 24.2. The maximum absolute atomic E-state index is 13.0. The van der Waals surface area contributed by atoms with Gasteiger partial charge in [0.2, 0.25) is 15.9 Å². The minimum Gasteiger partial charge on any atom is -0.325 e. The second-order valence-electron chi connectivity index (χ2n) is 12.7.